The van der Waals surface area contributed by atoms with E-state index < -0.39 is 6.10 Å². The van der Waals surface area contributed by atoms with Crippen LogP contribution in [0.1, 0.15) is 30.1 Å². The summed E-state index contributed by atoms with van der Waals surface area (Å²) in [5.41, 5.74) is 7.57. The van der Waals surface area contributed by atoms with E-state index in [0.29, 0.717) is 5.82 Å². The number of aromatic nitrogens is 1. The van der Waals surface area contributed by atoms with Crippen molar-refractivity contribution in [1.82, 2.24) is 10.3 Å². The van der Waals surface area contributed by atoms with Crippen molar-refractivity contribution >= 4 is 5.82 Å². The number of aliphatic hydroxyl groups is 1. The van der Waals surface area contributed by atoms with Crippen LogP contribution >= 0.6 is 0 Å². The molecule has 4 nitrogen and oxygen atoms in total. The monoisotopic (exact) mass is 207 g/mol. The molecule has 0 saturated carbocycles. The number of nitrogens with zero attached hydrogens (tertiary/aromatic N) is 1. The summed E-state index contributed by atoms with van der Waals surface area (Å²) in [5, 5.41) is 13.5. The van der Waals surface area contributed by atoms with Gasteiger partial charge in [-0.3, -0.25) is 0 Å². The number of rotatable bonds is 2. The van der Waals surface area contributed by atoms with Gasteiger partial charge in [-0.25, -0.2) is 4.98 Å². The van der Waals surface area contributed by atoms with Gasteiger partial charge in [-0.05, 0) is 37.9 Å². The zero-order chi connectivity index (χ0) is 10.8. The van der Waals surface area contributed by atoms with Gasteiger partial charge in [0.05, 0.1) is 6.10 Å². The summed E-state index contributed by atoms with van der Waals surface area (Å²) in [6, 6.07) is 2.00. The minimum absolute atomic E-state index is 0.121. The Labute approximate surface area is 89.5 Å². The highest BCUT2D eigenvalue weighted by Gasteiger charge is 2.26. The number of anilines is 1. The Hall–Kier alpha value is -1.13. The number of nitrogens with two attached hydrogens (primary N) is 1. The molecule has 0 aliphatic carbocycles. The first-order valence-corrected chi connectivity index (χ1v) is 5.32. The summed E-state index contributed by atoms with van der Waals surface area (Å²) < 4.78 is 0. The van der Waals surface area contributed by atoms with Crippen molar-refractivity contribution in [2.24, 2.45) is 0 Å². The molecule has 0 aromatic carbocycles. The third-order valence-corrected chi connectivity index (χ3v) is 3.01. The van der Waals surface area contributed by atoms with Gasteiger partial charge in [0, 0.05) is 17.8 Å². The molecular weight excluding hydrogens is 190 g/mol. The third kappa shape index (κ3) is 1.96. The molecule has 1 aliphatic rings. The molecule has 0 spiro atoms. The summed E-state index contributed by atoms with van der Waals surface area (Å²) in [5.74, 6) is 0.441. The van der Waals surface area contributed by atoms with E-state index in [-0.39, 0.29) is 6.04 Å². The minimum Gasteiger partial charge on any atom is -0.387 e. The van der Waals surface area contributed by atoms with E-state index in [0.717, 1.165) is 30.5 Å². The number of hydrogen-bond donors (Lipinski definition) is 3. The second-order valence-electron chi connectivity index (χ2n) is 4.07. The fourth-order valence-electron chi connectivity index (χ4n) is 2.16. The minimum atomic E-state index is -0.541. The van der Waals surface area contributed by atoms with Gasteiger partial charge in [-0.1, -0.05) is 0 Å². The third-order valence-electron chi connectivity index (χ3n) is 3.01. The molecule has 1 aromatic rings. The maximum absolute atomic E-state index is 10.2. The molecule has 0 bridgehead atoms. The van der Waals surface area contributed by atoms with Crippen molar-refractivity contribution in [2.75, 3.05) is 12.3 Å². The first-order chi connectivity index (χ1) is 7.20. The molecule has 1 fully saturated rings. The molecule has 1 aliphatic heterocycles. The Kier molecular flexibility index (Phi) is 2.88. The molecule has 1 saturated heterocycles. The SMILES string of the molecule is Cc1ccnc(N)c1C(O)C1CCCN1. The highest BCUT2D eigenvalue weighted by molar-refractivity contribution is 5.46. The van der Waals surface area contributed by atoms with Gasteiger partial charge in [0.2, 0.25) is 0 Å². The molecule has 0 radical (unpaired) electrons. The summed E-state index contributed by atoms with van der Waals surface area (Å²) in [7, 11) is 0. The van der Waals surface area contributed by atoms with Crippen molar-refractivity contribution in [3.8, 4) is 0 Å². The van der Waals surface area contributed by atoms with Crippen LogP contribution in [0.5, 0.6) is 0 Å². The van der Waals surface area contributed by atoms with Gasteiger partial charge in [0.15, 0.2) is 0 Å². The molecule has 4 N–H and O–H groups in total. The van der Waals surface area contributed by atoms with Crippen LogP contribution in [0.15, 0.2) is 12.3 Å². The fourth-order valence-corrected chi connectivity index (χ4v) is 2.16. The lowest BCUT2D eigenvalue weighted by Gasteiger charge is -2.21. The van der Waals surface area contributed by atoms with E-state index in [1.165, 1.54) is 0 Å². The standard InChI is InChI=1S/C11H17N3O/c1-7-4-6-14-11(12)9(7)10(15)8-3-2-5-13-8/h4,6,8,10,13,15H,2-3,5H2,1H3,(H2,12,14). The number of pyridine rings is 1. The van der Waals surface area contributed by atoms with Crippen LogP contribution in [-0.2, 0) is 0 Å². The Bertz CT molecular complexity index is 327. The topological polar surface area (TPSA) is 71.2 Å². The Morgan fingerprint density at radius 2 is 2.47 bits per heavy atom. The first kappa shape index (κ1) is 10.4. The zero-order valence-electron chi connectivity index (χ0n) is 8.90. The van der Waals surface area contributed by atoms with Crippen LogP contribution in [0.4, 0.5) is 5.82 Å². The van der Waals surface area contributed by atoms with Crippen LogP contribution in [0.25, 0.3) is 0 Å². The smallest absolute Gasteiger partial charge is 0.129 e. The average molecular weight is 207 g/mol. The van der Waals surface area contributed by atoms with E-state index in [4.69, 9.17) is 5.73 Å². The molecule has 4 heteroatoms. The molecule has 2 unspecified atom stereocenters. The van der Waals surface area contributed by atoms with Gasteiger partial charge in [0.1, 0.15) is 5.82 Å². The summed E-state index contributed by atoms with van der Waals surface area (Å²) in [6.07, 6.45) is 3.24. The van der Waals surface area contributed by atoms with Crippen LogP contribution in [0.3, 0.4) is 0 Å². The quantitative estimate of drug-likeness (QED) is 0.669. The average Bonchev–Trinajstić information content (AvgIpc) is 2.69. The maximum Gasteiger partial charge on any atom is 0.129 e. The second-order valence-corrected chi connectivity index (χ2v) is 4.07. The number of nitrogens with one attached hydrogen (secondary N) is 1. The Balaban J connectivity index is 2.27. The molecular formula is C11H17N3O. The van der Waals surface area contributed by atoms with Gasteiger partial charge in [-0.2, -0.15) is 0 Å². The number of nitrogen functional groups attached to an aromatic ring is 1. The number of aliphatic hydroxyl groups excluding tert-OH is 1. The maximum atomic E-state index is 10.2. The highest BCUT2D eigenvalue weighted by atomic mass is 16.3. The number of aryl methyl sites for hydroxylation is 1. The Morgan fingerprint density at radius 3 is 3.07 bits per heavy atom. The van der Waals surface area contributed by atoms with Crippen LogP contribution < -0.4 is 11.1 Å². The normalized spacial score (nSPS) is 22.9. The number of hydrogen-bond acceptors (Lipinski definition) is 4. The summed E-state index contributed by atoms with van der Waals surface area (Å²) in [6.45, 7) is 2.92. The summed E-state index contributed by atoms with van der Waals surface area (Å²) >= 11 is 0. The van der Waals surface area contributed by atoms with Gasteiger partial charge in [-0.15, -0.1) is 0 Å². The van der Waals surface area contributed by atoms with Crippen LogP contribution in [0, 0.1) is 6.92 Å². The second kappa shape index (κ2) is 4.16. The van der Waals surface area contributed by atoms with Gasteiger partial charge in [0.25, 0.3) is 0 Å². The predicted molar refractivity (Wildman–Crippen MR) is 59.4 cm³/mol. The van der Waals surface area contributed by atoms with Crippen molar-refractivity contribution in [1.29, 1.82) is 0 Å². The largest absolute Gasteiger partial charge is 0.387 e. The van der Waals surface area contributed by atoms with E-state index in [9.17, 15) is 5.11 Å². The van der Waals surface area contributed by atoms with Crippen LogP contribution in [0.2, 0.25) is 0 Å². The van der Waals surface area contributed by atoms with Crippen molar-refractivity contribution in [3.05, 3.63) is 23.4 Å². The van der Waals surface area contributed by atoms with Crippen LogP contribution in [-0.4, -0.2) is 22.7 Å². The van der Waals surface area contributed by atoms with Gasteiger partial charge < -0.3 is 16.2 Å². The highest BCUT2D eigenvalue weighted by Crippen LogP contribution is 2.28. The molecule has 2 heterocycles. The van der Waals surface area contributed by atoms with E-state index in [1.54, 1.807) is 6.20 Å². The lowest BCUT2D eigenvalue weighted by Crippen LogP contribution is -2.29. The zero-order valence-corrected chi connectivity index (χ0v) is 8.90. The predicted octanol–water partition coefficient (Wildman–Crippen LogP) is 0.758. The summed E-state index contributed by atoms with van der Waals surface area (Å²) in [4.78, 5) is 4.02. The lowest BCUT2D eigenvalue weighted by atomic mass is 9.98. The molecule has 0 amide bonds. The molecule has 2 atom stereocenters. The van der Waals surface area contributed by atoms with E-state index in [1.807, 2.05) is 13.0 Å². The molecule has 1 aromatic heterocycles. The molecule has 15 heavy (non-hydrogen) atoms. The van der Waals surface area contributed by atoms with Crippen molar-refractivity contribution in [3.63, 3.8) is 0 Å². The Morgan fingerprint density at radius 1 is 1.67 bits per heavy atom. The fraction of sp³-hybridized carbons (Fsp3) is 0.545. The van der Waals surface area contributed by atoms with Crippen molar-refractivity contribution < 1.29 is 5.11 Å². The van der Waals surface area contributed by atoms with Crippen molar-refractivity contribution in [2.45, 2.75) is 31.9 Å². The lowest BCUT2D eigenvalue weighted by molar-refractivity contribution is 0.137. The molecule has 82 valence electrons. The van der Waals surface area contributed by atoms with Gasteiger partial charge >= 0.3 is 0 Å². The van der Waals surface area contributed by atoms with E-state index in [2.05, 4.69) is 10.3 Å². The molecule has 2 rings (SSSR count). The van der Waals surface area contributed by atoms with E-state index >= 15 is 0 Å². The first-order valence-electron chi connectivity index (χ1n) is 5.32.